The summed E-state index contributed by atoms with van der Waals surface area (Å²) < 4.78 is 37.4. The Labute approximate surface area is 113 Å². The van der Waals surface area contributed by atoms with Crippen LogP contribution in [0.15, 0.2) is 36.4 Å². The summed E-state index contributed by atoms with van der Waals surface area (Å²) in [4.78, 5) is 4.04. The molecular formula is C14H10F3N3. The SMILES string of the molecule is N#CCc1ccc(-c2ccc(C(F)(F)F)cc2)c(N)n1. The maximum Gasteiger partial charge on any atom is 0.416 e. The van der Waals surface area contributed by atoms with Crippen LogP contribution in [0.2, 0.25) is 0 Å². The Balaban J connectivity index is 2.35. The molecule has 2 N–H and O–H groups in total. The predicted molar refractivity (Wildman–Crippen MR) is 68.4 cm³/mol. The molecule has 0 fully saturated rings. The number of hydrogen-bond acceptors (Lipinski definition) is 3. The van der Waals surface area contributed by atoms with Crippen LogP contribution in [0.5, 0.6) is 0 Å². The summed E-state index contributed by atoms with van der Waals surface area (Å²) in [5.41, 5.74) is 6.67. The van der Waals surface area contributed by atoms with E-state index in [1.807, 2.05) is 6.07 Å². The Bertz CT molecular complexity index is 655. The average molecular weight is 277 g/mol. The number of rotatable bonds is 2. The molecule has 2 aromatic rings. The summed E-state index contributed by atoms with van der Waals surface area (Å²) in [6.07, 6.45) is -4.23. The summed E-state index contributed by atoms with van der Waals surface area (Å²) in [7, 11) is 0. The van der Waals surface area contributed by atoms with Crippen LogP contribution in [0, 0.1) is 11.3 Å². The van der Waals surface area contributed by atoms with Crippen LogP contribution in [0.1, 0.15) is 11.3 Å². The number of nitrogens with two attached hydrogens (primary N) is 1. The molecule has 0 unspecified atom stereocenters. The van der Waals surface area contributed by atoms with E-state index in [-0.39, 0.29) is 12.2 Å². The van der Waals surface area contributed by atoms with Crippen molar-refractivity contribution in [3.05, 3.63) is 47.7 Å². The highest BCUT2D eigenvalue weighted by Crippen LogP contribution is 2.32. The van der Waals surface area contributed by atoms with Crippen molar-refractivity contribution in [2.24, 2.45) is 0 Å². The molecule has 20 heavy (non-hydrogen) atoms. The number of nitrogen functional groups attached to an aromatic ring is 1. The first kappa shape index (κ1) is 13.9. The van der Waals surface area contributed by atoms with E-state index in [2.05, 4.69) is 4.98 Å². The Morgan fingerprint density at radius 3 is 2.25 bits per heavy atom. The van der Waals surface area contributed by atoms with Crippen LogP contribution < -0.4 is 5.73 Å². The van der Waals surface area contributed by atoms with Crippen molar-refractivity contribution in [3.63, 3.8) is 0 Å². The second-order valence-corrected chi connectivity index (χ2v) is 4.15. The van der Waals surface area contributed by atoms with Crippen molar-refractivity contribution in [1.82, 2.24) is 4.98 Å². The van der Waals surface area contributed by atoms with Gasteiger partial charge in [0.05, 0.1) is 23.7 Å². The number of benzene rings is 1. The molecule has 0 aliphatic heterocycles. The second-order valence-electron chi connectivity index (χ2n) is 4.15. The molecular weight excluding hydrogens is 267 g/mol. The minimum Gasteiger partial charge on any atom is -0.383 e. The molecule has 1 aromatic carbocycles. The number of alkyl halides is 3. The van der Waals surface area contributed by atoms with Gasteiger partial charge in [-0.1, -0.05) is 12.1 Å². The molecule has 0 bridgehead atoms. The Hall–Kier alpha value is -2.55. The number of anilines is 1. The number of aromatic nitrogens is 1. The molecule has 0 aliphatic rings. The fourth-order valence-electron chi connectivity index (χ4n) is 1.78. The van der Waals surface area contributed by atoms with Gasteiger partial charge in [-0.15, -0.1) is 0 Å². The quantitative estimate of drug-likeness (QED) is 0.914. The molecule has 0 amide bonds. The van der Waals surface area contributed by atoms with Crippen molar-refractivity contribution < 1.29 is 13.2 Å². The summed E-state index contributed by atoms with van der Waals surface area (Å²) in [6.45, 7) is 0. The van der Waals surface area contributed by atoms with Crippen molar-refractivity contribution >= 4 is 5.82 Å². The molecule has 3 nitrogen and oxygen atoms in total. The number of halogens is 3. The van der Waals surface area contributed by atoms with Crippen LogP contribution in [-0.2, 0) is 12.6 Å². The van der Waals surface area contributed by atoms with Gasteiger partial charge in [-0.3, -0.25) is 0 Å². The lowest BCUT2D eigenvalue weighted by molar-refractivity contribution is -0.137. The van der Waals surface area contributed by atoms with Gasteiger partial charge in [0.25, 0.3) is 0 Å². The Kier molecular flexibility index (Phi) is 3.61. The lowest BCUT2D eigenvalue weighted by Crippen LogP contribution is -2.04. The topological polar surface area (TPSA) is 62.7 Å². The Morgan fingerprint density at radius 2 is 1.75 bits per heavy atom. The molecule has 0 atom stereocenters. The molecule has 0 saturated carbocycles. The van der Waals surface area contributed by atoms with E-state index < -0.39 is 11.7 Å². The predicted octanol–water partition coefficient (Wildman–Crippen LogP) is 3.42. The monoisotopic (exact) mass is 277 g/mol. The molecule has 0 radical (unpaired) electrons. The summed E-state index contributed by atoms with van der Waals surface area (Å²) >= 11 is 0. The van der Waals surface area contributed by atoms with Gasteiger partial charge in [-0.2, -0.15) is 18.4 Å². The third kappa shape index (κ3) is 2.88. The fraction of sp³-hybridized carbons (Fsp3) is 0.143. The largest absolute Gasteiger partial charge is 0.416 e. The maximum absolute atomic E-state index is 12.5. The molecule has 2 rings (SSSR count). The summed E-state index contributed by atoms with van der Waals surface area (Å²) in [5, 5.41) is 8.57. The Morgan fingerprint density at radius 1 is 1.10 bits per heavy atom. The van der Waals surface area contributed by atoms with Gasteiger partial charge in [-0.05, 0) is 29.8 Å². The van der Waals surface area contributed by atoms with E-state index in [1.54, 1.807) is 12.1 Å². The first-order valence-corrected chi connectivity index (χ1v) is 5.72. The second kappa shape index (κ2) is 5.21. The normalized spacial score (nSPS) is 11.1. The van der Waals surface area contributed by atoms with Crippen LogP contribution in [0.25, 0.3) is 11.1 Å². The van der Waals surface area contributed by atoms with Crippen molar-refractivity contribution in [1.29, 1.82) is 5.26 Å². The zero-order chi connectivity index (χ0) is 14.8. The molecule has 6 heteroatoms. The maximum atomic E-state index is 12.5. The molecule has 102 valence electrons. The minimum atomic E-state index is -4.36. The molecule has 0 aliphatic carbocycles. The lowest BCUT2D eigenvalue weighted by Gasteiger charge is -2.09. The molecule has 0 spiro atoms. The van der Waals surface area contributed by atoms with Crippen molar-refractivity contribution in [2.75, 3.05) is 5.73 Å². The number of hydrogen-bond donors (Lipinski definition) is 1. The van der Waals surface area contributed by atoms with Crippen LogP contribution in [0.4, 0.5) is 19.0 Å². The van der Waals surface area contributed by atoms with E-state index >= 15 is 0 Å². The zero-order valence-corrected chi connectivity index (χ0v) is 10.3. The third-order valence-electron chi connectivity index (χ3n) is 2.77. The van der Waals surface area contributed by atoms with Crippen LogP contribution in [-0.4, -0.2) is 4.98 Å². The van der Waals surface area contributed by atoms with Crippen LogP contribution >= 0.6 is 0 Å². The molecule has 1 heterocycles. The first-order valence-electron chi connectivity index (χ1n) is 5.72. The van der Waals surface area contributed by atoms with Gasteiger partial charge in [0.1, 0.15) is 5.82 Å². The molecule has 1 aromatic heterocycles. The fourth-order valence-corrected chi connectivity index (χ4v) is 1.78. The van der Waals surface area contributed by atoms with Gasteiger partial charge in [-0.25, -0.2) is 4.98 Å². The minimum absolute atomic E-state index is 0.136. The summed E-state index contributed by atoms with van der Waals surface area (Å²) in [5.74, 6) is 0.192. The number of pyridine rings is 1. The van der Waals surface area contributed by atoms with Crippen LogP contribution in [0.3, 0.4) is 0 Å². The van der Waals surface area contributed by atoms with E-state index in [0.717, 1.165) is 12.1 Å². The van der Waals surface area contributed by atoms with E-state index in [0.29, 0.717) is 16.8 Å². The van der Waals surface area contributed by atoms with Gasteiger partial charge < -0.3 is 5.73 Å². The van der Waals surface area contributed by atoms with Crippen molar-refractivity contribution in [3.8, 4) is 17.2 Å². The van der Waals surface area contributed by atoms with E-state index in [4.69, 9.17) is 11.0 Å². The zero-order valence-electron chi connectivity index (χ0n) is 10.3. The summed E-state index contributed by atoms with van der Waals surface area (Å²) in [6, 6.07) is 9.92. The average Bonchev–Trinajstić information content (AvgIpc) is 2.38. The first-order chi connectivity index (χ1) is 9.41. The smallest absolute Gasteiger partial charge is 0.383 e. The third-order valence-corrected chi connectivity index (χ3v) is 2.77. The highest BCUT2D eigenvalue weighted by Gasteiger charge is 2.30. The van der Waals surface area contributed by atoms with Gasteiger partial charge >= 0.3 is 6.18 Å². The van der Waals surface area contributed by atoms with E-state index in [9.17, 15) is 13.2 Å². The van der Waals surface area contributed by atoms with Crippen molar-refractivity contribution in [2.45, 2.75) is 12.6 Å². The number of nitrogens with zero attached hydrogens (tertiary/aromatic N) is 2. The van der Waals surface area contributed by atoms with Gasteiger partial charge in [0, 0.05) is 5.56 Å². The van der Waals surface area contributed by atoms with Gasteiger partial charge in [0.15, 0.2) is 0 Å². The number of nitriles is 1. The van der Waals surface area contributed by atoms with Gasteiger partial charge in [0.2, 0.25) is 0 Å². The highest BCUT2D eigenvalue weighted by atomic mass is 19.4. The highest BCUT2D eigenvalue weighted by molar-refractivity contribution is 5.74. The van der Waals surface area contributed by atoms with E-state index in [1.165, 1.54) is 12.1 Å². The molecule has 0 saturated heterocycles. The lowest BCUT2D eigenvalue weighted by atomic mass is 10.0. The standard InChI is InChI=1S/C14H10F3N3/c15-14(16,17)10-3-1-9(2-4-10)12-6-5-11(7-8-18)20-13(12)19/h1-6H,7H2,(H2,19,20).